The molecule has 0 saturated carbocycles. The van der Waals surface area contributed by atoms with Crippen molar-refractivity contribution in [3.8, 4) is 0 Å². The van der Waals surface area contributed by atoms with E-state index in [1.165, 1.54) is 0 Å². The molecular weight excluding hydrogens is 300 g/mol. The zero-order chi connectivity index (χ0) is 8.97. The Morgan fingerprint density at radius 3 is 2.53 bits per heavy atom. The van der Waals surface area contributed by atoms with E-state index in [1.807, 2.05) is 0 Å². The summed E-state index contributed by atoms with van der Waals surface area (Å²) in [4.78, 5) is 0. The predicted octanol–water partition coefficient (Wildman–Crippen LogP) is -5.16. The van der Waals surface area contributed by atoms with E-state index in [-0.39, 0.29) is 47.0 Å². The average Bonchev–Trinajstić information content (AvgIpc) is 2.51. The average molecular weight is 309 g/mol. The number of nitrogens with zero attached hydrogens (tertiary/aromatic N) is 1. The van der Waals surface area contributed by atoms with E-state index >= 15 is 0 Å². The molecule has 0 spiro atoms. The minimum absolute atomic E-state index is 0. The van der Waals surface area contributed by atoms with Crippen LogP contribution in [0.25, 0.3) is 0 Å². The molecule has 8 heteroatoms. The van der Waals surface area contributed by atoms with Gasteiger partial charge < -0.3 is 35.0 Å². The molecule has 1 heterocycles. The smallest absolute Gasteiger partial charge is 1.00 e. The van der Waals surface area contributed by atoms with Crippen molar-refractivity contribution in [3.05, 3.63) is 24.2 Å². The Morgan fingerprint density at radius 2 is 2.13 bits per heavy atom. The molecule has 0 unspecified atom stereocenters. The number of hydrogen-bond acceptors (Lipinski definition) is 3. The summed E-state index contributed by atoms with van der Waals surface area (Å²) in [5.41, 5.74) is 8.35. The van der Waals surface area contributed by atoms with Gasteiger partial charge in [-0.3, -0.25) is 5.43 Å². The summed E-state index contributed by atoms with van der Waals surface area (Å²) in [6, 6.07) is 3.59. The first-order valence-electron chi connectivity index (χ1n) is 3.34. The zero-order valence-electron chi connectivity index (χ0n) is 7.71. The maximum atomic E-state index is 5.18. The fourth-order valence-corrected chi connectivity index (χ4v) is 0.724. The van der Waals surface area contributed by atoms with Gasteiger partial charge in [-0.25, -0.2) is 0 Å². The summed E-state index contributed by atoms with van der Waals surface area (Å²) in [7, 11) is 0. The molecule has 0 atom stereocenters. The van der Waals surface area contributed by atoms with E-state index in [0.29, 0.717) is 11.5 Å². The second-order valence-electron chi connectivity index (χ2n) is 2.15. The van der Waals surface area contributed by atoms with E-state index in [9.17, 15) is 0 Å². The Hall–Kier alpha value is -0.261. The summed E-state index contributed by atoms with van der Waals surface area (Å²) in [5, 5.41) is 4.01. The van der Waals surface area contributed by atoms with Crippen LogP contribution in [0.4, 0.5) is 0 Å². The summed E-state index contributed by atoms with van der Waals surface area (Å²) < 4.78 is 5.07. The topological polar surface area (TPSA) is 63.5 Å². The number of hydrogen-bond donors (Lipinski definition) is 2. The summed E-state index contributed by atoms with van der Waals surface area (Å²) in [6.45, 7) is 1.80. The normalized spacial score (nSPS) is 9.00. The molecule has 85 valence electrons. The number of nitrogens with one attached hydrogen (secondary N) is 1. The van der Waals surface area contributed by atoms with Gasteiger partial charge in [0.15, 0.2) is 5.11 Å². The monoisotopic (exact) mass is 308 g/mol. The third-order valence-electron chi connectivity index (χ3n) is 1.21. The van der Waals surface area contributed by atoms with Gasteiger partial charge in [0.1, 0.15) is 11.5 Å². The minimum atomic E-state index is 0. The van der Waals surface area contributed by atoms with Crippen LogP contribution in [0.15, 0.2) is 27.9 Å². The van der Waals surface area contributed by atoms with Gasteiger partial charge >= 0.3 is 17.1 Å². The first-order valence-corrected chi connectivity index (χ1v) is 3.74. The molecule has 0 saturated heterocycles. The molecule has 15 heavy (non-hydrogen) atoms. The van der Waals surface area contributed by atoms with E-state index in [0.717, 1.165) is 0 Å². The minimum Gasteiger partial charge on any atom is -1.00 e. The van der Waals surface area contributed by atoms with Crippen LogP contribution in [0.5, 0.6) is 0 Å². The number of nitrogens with two attached hydrogens (primary N) is 1. The summed E-state index contributed by atoms with van der Waals surface area (Å²) in [6.07, 6.45) is 1.58. The summed E-state index contributed by atoms with van der Waals surface area (Å²) in [5.74, 6) is 0.693. The van der Waals surface area contributed by atoms with Gasteiger partial charge in [0.25, 0.3) is 0 Å². The van der Waals surface area contributed by atoms with Crippen LogP contribution in [0.2, 0.25) is 0 Å². The van der Waals surface area contributed by atoms with Crippen molar-refractivity contribution < 1.29 is 46.3 Å². The van der Waals surface area contributed by atoms with E-state index in [1.54, 1.807) is 25.3 Å². The van der Waals surface area contributed by atoms with Crippen LogP contribution in [0, 0.1) is 0 Å². The molecule has 4 nitrogen and oxygen atoms in total. The van der Waals surface area contributed by atoms with Crippen LogP contribution >= 0.6 is 12.2 Å². The van der Waals surface area contributed by atoms with Gasteiger partial charge in [0.2, 0.25) is 0 Å². The van der Waals surface area contributed by atoms with Crippen molar-refractivity contribution in [1.29, 1.82) is 0 Å². The third-order valence-corrected chi connectivity index (χ3v) is 1.30. The zero-order valence-corrected chi connectivity index (χ0v) is 11.2. The molecule has 1 aromatic heterocycles. The fraction of sp³-hybridized carbons (Fsp3) is 0.143. The van der Waals surface area contributed by atoms with E-state index in [2.05, 4.69) is 22.7 Å². The molecule has 0 aliphatic carbocycles. The molecule has 0 aromatic carbocycles. The second kappa shape index (κ2) is 10.3. The number of rotatable bonds is 2. The first-order chi connectivity index (χ1) is 5.70. The van der Waals surface area contributed by atoms with E-state index in [4.69, 9.17) is 10.2 Å². The molecule has 1 radical (unpaired) electrons. The van der Waals surface area contributed by atoms with Crippen LogP contribution in [-0.4, -0.2) is 10.8 Å². The van der Waals surface area contributed by atoms with Crippen molar-refractivity contribution in [2.75, 3.05) is 0 Å². The number of halogens is 2. The Balaban J connectivity index is -0.000000480. The van der Waals surface area contributed by atoms with Crippen molar-refractivity contribution in [3.63, 3.8) is 0 Å². The van der Waals surface area contributed by atoms with Gasteiger partial charge in [0.05, 0.1) is 6.26 Å². The van der Waals surface area contributed by atoms with Crippen molar-refractivity contribution in [2.45, 2.75) is 6.92 Å². The SMILES string of the molecule is C/C(=N\NC(N)=S)c1ccco1.[Cl-].[Cl-].[Mn+2]. The van der Waals surface area contributed by atoms with Gasteiger partial charge in [-0.15, -0.1) is 0 Å². The molecule has 3 N–H and O–H groups in total. The van der Waals surface area contributed by atoms with Gasteiger partial charge in [-0.2, -0.15) is 5.10 Å². The van der Waals surface area contributed by atoms with Gasteiger partial charge in [-0.05, 0) is 31.3 Å². The Labute approximate surface area is 116 Å². The maximum Gasteiger partial charge on any atom is 2.00 e. The Bertz CT molecular complexity index is 305. The third kappa shape index (κ3) is 7.64. The Kier molecular flexibility index (Phi) is 13.8. The van der Waals surface area contributed by atoms with Crippen molar-refractivity contribution >= 4 is 23.0 Å². The van der Waals surface area contributed by atoms with Crippen LogP contribution in [0.1, 0.15) is 12.7 Å². The molecule has 0 fully saturated rings. The van der Waals surface area contributed by atoms with Gasteiger partial charge in [-0.1, -0.05) is 0 Å². The maximum absolute atomic E-state index is 5.18. The first kappa shape index (κ1) is 20.2. The molecule has 0 aliphatic rings. The molecule has 1 aromatic rings. The fourth-order valence-electron chi connectivity index (χ4n) is 0.678. The number of furan rings is 1. The predicted molar refractivity (Wildman–Crippen MR) is 50.8 cm³/mol. The largest absolute Gasteiger partial charge is 2.00 e. The molecule has 0 amide bonds. The van der Waals surface area contributed by atoms with Gasteiger partial charge in [0, 0.05) is 0 Å². The van der Waals surface area contributed by atoms with Crippen LogP contribution in [0.3, 0.4) is 0 Å². The van der Waals surface area contributed by atoms with Crippen LogP contribution in [-0.2, 0) is 17.1 Å². The summed E-state index contributed by atoms with van der Waals surface area (Å²) >= 11 is 4.57. The van der Waals surface area contributed by atoms with E-state index < -0.39 is 0 Å². The standard InChI is InChI=1S/C7H9N3OS.2ClH.Mn/c1-5(9-10-7(8)12)6-3-2-4-11-6;;;/h2-4H,1H3,(H3,8,10,12);2*1H;/q;;;+2/p-2/b9-5+;;;. The van der Waals surface area contributed by atoms with Crippen LogP contribution < -0.4 is 36.0 Å². The molecule has 0 bridgehead atoms. The Morgan fingerprint density at radius 1 is 1.53 bits per heavy atom. The number of thiocarbonyl (C=S) groups is 1. The molecular formula is C7H9Cl2MnN3OS. The molecule has 0 aliphatic heterocycles. The number of hydrazone groups is 1. The van der Waals surface area contributed by atoms with Crippen molar-refractivity contribution in [2.24, 2.45) is 10.8 Å². The second-order valence-corrected chi connectivity index (χ2v) is 2.59. The van der Waals surface area contributed by atoms with Crippen molar-refractivity contribution in [1.82, 2.24) is 5.43 Å². The molecule has 1 rings (SSSR count). The quantitative estimate of drug-likeness (QED) is 0.248.